The molecule has 94 valence electrons. The van der Waals surface area contributed by atoms with Gasteiger partial charge < -0.3 is 15.8 Å². The van der Waals surface area contributed by atoms with E-state index in [2.05, 4.69) is 5.32 Å². The number of nitrogens with two attached hydrogens (primary N) is 1. The minimum Gasteiger partial charge on any atom is -0.399 e. The van der Waals surface area contributed by atoms with Crippen LogP contribution in [-0.4, -0.2) is 18.6 Å². The van der Waals surface area contributed by atoms with Crippen LogP contribution >= 0.6 is 11.6 Å². The Morgan fingerprint density at radius 1 is 1.59 bits per heavy atom. The molecule has 0 radical (unpaired) electrons. The highest BCUT2D eigenvalue weighted by molar-refractivity contribution is 6.34. The molecule has 3 N–H and O–H groups in total. The predicted octanol–water partition coefficient (Wildman–Crippen LogP) is 2.68. The second kappa shape index (κ2) is 5.38. The van der Waals surface area contributed by atoms with Gasteiger partial charge in [-0.15, -0.1) is 0 Å². The molecule has 0 spiro atoms. The average Bonchev–Trinajstić information content (AvgIpc) is 2.31. The summed E-state index contributed by atoms with van der Waals surface area (Å²) in [6.07, 6.45) is 0.571. The van der Waals surface area contributed by atoms with E-state index in [9.17, 15) is 4.79 Å². The van der Waals surface area contributed by atoms with Crippen molar-refractivity contribution in [3.8, 4) is 0 Å². The predicted molar refractivity (Wildman–Crippen MR) is 70.2 cm³/mol. The molecule has 1 atom stereocenters. The quantitative estimate of drug-likeness (QED) is 0.814. The summed E-state index contributed by atoms with van der Waals surface area (Å²) < 4.78 is 5.20. The van der Waals surface area contributed by atoms with Crippen LogP contribution in [0.3, 0.4) is 0 Å². The Bertz CT molecular complexity index is 417. The van der Waals surface area contributed by atoms with Gasteiger partial charge in [0.1, 0.15) is 5.60 Å². The summed E-state index contributed by atoms with van der Waals surface area (Å²) in [5.74, 6) is -0.228. The largest absolute Gasteiger partial charge is 0.399 e. The fourth-order valence-electron chi connectivity index (χ4n) is 1.28. The standard InChI is InChI=1S/C12H17ClN2O2/c1-4-12(2,17-3)11(16)15-10-6-5-8(14)7-9(10)13/h5-7H,4,14H2,1-3H3,(H,15,16). The zero-order chi connectivity index (χ0) is 13.1. The van der Waals surface area contributed by atoms with Crippen molar-refractivity contribution in [3.63, 3.8) is 0 Å². The van der Waals surface area contributed by atoms with Crippen molar-refractivity contribution in [2.24, 2.45) is 0 Å². The lowest BCUT2D eigenvalue weighted by Crippen LogP contribution is -2.41. The van der Waals surface area contributed by atoms with Gasteiger partial charge in [-0.25, -0.2) is 0 Å². The van der Waals surface area contributed by atoms with Crippen LogP contribution in [-0.2, 0) is 9.53 Å². The molecule has 0 saturated heterocycles. The summed E-state index contributed by atoms with van der Waals surface area (Å²) in [6.45, 7) is 3.61. The number of nitrogens with one attached hydrogen (secondary N) is 1. The van der Waals surface area contributed by atoms with Crippen LogP contribution in [0.4, 0.5) is 11.4 Å². The molecule has 0 aromatic heterocycles. The molecule has 0 heterocycles. The number of ether oxygens (including phenoxy) is 1. The summed E-state index contributed by atoms with van der Waals surface area (Å²) in [6, 6.07) is 4.94. The summed E-state index contributed by atoms with van der Waals surface area (Å²) >= 11 is 5.97. The van der Waals surface area contributed by atoms with Gasteiger partial charge in [0.25, 0.3) is 5.91 Å². The Morgan fingerprint density at radius 2 is 2.24 bits per heavy atom. The van der Waals surface area contributed by atoms with Gasteiger partial charge in [0.2, 0.25) is 0 Å². The number of carbonyl (C=O) groups excluding carboxylic acids is 1. The third-order valence-electron chi connectivity index (χ3n) is 2.85. The number of benzene rings is 1. The second-order valence-electron chi connectivity index (χ2n) is 3.98. The van der Waals surface area contributed by atoms with Gasteiger partial charge in [0.15, 0.2) is 0 Å². The van der Waals surface area contributed by atoms with Gasteiger partial charge in [0, 0.05) is 12.8 Å². The van der Waals surface area contributed by atoms with Crippen molar-refractivity contribution in [3.05, 3.63) is 23.2 Å². The Hall–Kier alpha value is -1.26. The normalized spacial score (nSPS) is 14.1. The van der Waals surface area contributed by atoms with Crippen LogP contribution < -0.4 is 11.1 Å². The Labute approximate surface area is 106 Å². The van der Waals surface area contributed by atoms with Crippen molar-refractivity contribution in [2.45, 2.75) is 25.9 Å². The van der Waals surface area contributed by atoms with Crippen molar-refractivity contribution in [1.29, 1.82) is 0 Å². The van der Waals surface area contributed by atoms with Crippen LogP contribution in [0, 0.1) is 0 Å². The maximum atomic E-state index is 12.0. The highest BCUT2D eigenvalue weighted by Crippen LogP contribution is 2.26. The maximum Gasteiger partial charge on any atom is 0.256 e. The minimum atomic E-state index is -0.856. The van der Waals surface area contributed by atoms with Gasteiger partial charge >= 0.3 is 0 Å². The molecule has 0 fully saturated rings. The molecule has 17 heavy (non-hydrogen) atoms. The van der Waals surface area contributed by atoms with Crippen LogP contribution in [0.15, 0.2) is 18.2 Å². The fourth-order valence-corrected chi connectivity index (χ4v) is 1.52. The van der Waals surface area contributed by atoms with E-state index in [-0.39, 0.29) is 5.91 Å². The van der Waals surface area contributed by atoms with Gasteiger partial charge in [-0.3, -0.25) is 4.79 Å². The number of nitrogen functional groups attached to an aromatic ring is 1. The van der Waals surface area contributed by atoms with Crippen molar-refractivity contribution in [2.75, 3.05) is 18.2 Å². The Morgan fingerprint density at radius 3 is 2.71 bits per heavy atom. The number of halogens is 1. The smallest absolute Gasteiger partial charge is 0.256 e. The first kappa shape index (κ1) is 13.8. The van der Waals surface area contributed by atoms with Gasteiger partial charge in [0.05, 0.1) is 10.7 Å². The fraction of sp³-hybridized carbons (Fsp3) is 0.417. The summed E-state index contributed by atoms with van der Waals surface area (Å²) in [5, 5.41) is 3.14. The lowest BCUT2D eigenvalue weighted by molar-refractivity contribution is -0.136. The number of methoxy groups -OCH3 is 1. The lowest BCUT2D eigenvalue weighted by Gasteiger charge is -2.25. The monoisotopic (exact) mass is 256 g/mol. The number of anilines is 2. The molecule has 5 heteroatoms. The first-order valence-electron chi connectivity index (χ1n) is 5.34. The molecule has 0 aliphatic rings. The zero-order valence-electron chi connectivity index (χ0n) is 10.2. The average molecular weight is 257 g/mol. The van der Waals surface area contributed by atoms with E-state index >= 15 is 0 Å². The molecule has 1 aromatic rings. The molecule has 4 nitrogen and oxygen atoms in total. The summed E-state index contributed by atoms with van der Waals surface area (Å²) in [4.78, 5) is 12.0. The number of carbonyl (C=O) groups is 1. The number of hydrogen-bond acceptors (Lipinski definition) is 3. The van der Waals surface area contributed by atoms with Crippen LogP contribution in [0.25, 0.3) is 0 Å². The molecule has 1 rings (SSSR count). The molecule has 0 saturated carbocycles. The van der Waals surface area contributed by atoms with Crippen LogP contribution in [0.5, 0.6) is 0 Å². The molecule has 1 unspecified atom stereocenters. The second-order valence-corrected chi connectivity index (χ2v) is 4.39. The summed E-state index contributed by atoms with van der Waals surface area (Å²) in [7, 11) is 1.51. The van der Waals surface area contributed by atoms with E-state index in [0.717, 1.165) is 0 Å². The highest BCUT2D eigenvalue weighted by Gasteiger charge is 2.31. The summed E-state index contributed by atoms with van der Waals surface area (Å²) in [5.41, 5.74) is 5.80. The number of hydrogen-bond donors (Lipinski definition) is 2. The van der Waals surface area contributed by atoms with Gasteiger partial charge in [-0.1, -0.05) is 18.5 Å². The topological polar surface area (TPSA) is 64.3 Å². The van der Waals surface area contributed by atoms with E-state index in [1.165, 1.54) is 7.11 Å². The molecule has 1 amide bonds. The third kappa shape index (κ3) is 3.11. The van der Waals surface area contributed by atoms with E-state index in [0.29, 0.717) is 22.8 Å². The van der Waals surface area contributed by atoms with Crippen LogP contribution in [0.1, 0.15) is 20.3 Å². The van der Waals surface area contributed by atoms with Crippen molar-refractivity contribution < 1.29 is 9.53 Å². The molecule has 0 bridgehead atoms. The molecule has 0 aliphatic carbocycles. The minimum absolute atomic E-state index is 0.228. The molecular formula is C12H17ClN2O2. The lowest BCUT2D eigenvalue weighted by atomic mass is 10.0. The van der Waals surface area contributed by atoms with E-state index in [4.69, 9.17) is 22.1 Å². The maximum absolute atomic E-state index is 12.0. The molecular weight excluding hydrogens is 240 g/mol. The number of rotatable bonds is 4. The SMILES string of the molecule is CCC(C)(OC)C(=O)Nc1ccc(N)cc1Cl. The highest BCUT2D eigenvalue weighted by atomic mass is 35.5. The first-order valence-corrected chi connectivity index (χ1v) is 5.72. The first-order chi connectivity index (χ1) is 7.92. The van der Waals surface area contributed by atoms with E-state index in [1.807, 2.05) is 6.92 Å². The number of amides is 1. The van der Waals surface area contributed by atoms with Gasteiger partial charge in [-0.05, 0) is 31.5 Å². The van der Waals surface area contributed by atoms with Crippen molar-refractivity contribution >= 4 is 28.9 Å². The molecule has 1 aromatic carbocycles. The zero-order valence-corrected chi connectivity index (χ0v) is 11.0. The van der Waals surface area contributed by atoms with Gasteiger partial charge in [-0.2, -0.15) is 0 Å². The van der Waals surface area contributed by atoms with Crippen LogP contribution in [0.2, 0.25) is 5.02 Å². The molecule has 0 aliphatic heterocycles. The van der Waals surface area contributed by atoms with E-state index in [1.54, 1.807) is 25.1 Å². The Kier molecular flexibility index (Phi) is 4.37. The Balaban J connectivity index is 2.88. The van der Waals surface area contributed by atoms with E-state index < -0.39 is 5.60 Å². The third-order valence-corrected chi connectivity index (χ3v) is 3.16. The van der Waals surface area contributed by atoms with Crippen molar-refractivity contribution in [1.82, 2.24) is 0 Å².